The zero-order chi connectivity index (χ0) is 18.6. The Hall–Kier alpha value is -3.67. The monoisotopic (exact) mass is 357 g/mol. The third kappa shape index (κ3) is 3.37. The number of benzene rings is 2. The summed E-state index contributed by atoms with van der Waals surface area (Å²) in [5, 5.41) is 16.4. The Balaban J connectivity index is 1.66. The summed E-state index contributed by atoms with van der Waals surface area (Å²) in [6.45, 7) is 0. The van der Waals surface area contributed by atoms with Crippen LogP contribution in [0.3, 0.4) is 0 Å². The molecule has 3 N–H and O–H groups in total. The first kappa shape index (κ1) is 16.8. The molecule has 0 spiro atoms. The Bertz CT molecular complexity index is 926. The van der Waals surface area contributed by atoms with E-state index < -0.39 is 0 Å². The normalized spacial score (nSPS) is 10.9. The fourth-order valence-electron chi connectivity index (χ4n) is 3.19. The summed E-state index contributed by atoms with van der Waals surface area (Å²) in [6.07, 6.45) is 7.25. The summed E-state index contributed by atoms with van der Waals surface area (Å²) in [5.41, 5.74) is 6.03. The molecule has 4 aromatic rings. The Kier molecular flexibility index (Phi) is 4.53. The molecule has 134 valence electrons. The SMILES string of the molecule is CNC(=O)C(c1ccc(-c2cn[nH]c2)cc1)c1ccc(-c2cn[nH]c2)cc1. The molecular weight excluding hydrogens is 338 g/mol. The van der Waals surface area contributed by atoms with Crippen LogP contribution in [0.15, 0.2) is 73.3 Å². The Morgan fingerprint density at radius 2 is 1.22 bits per heavy atom. The molecule has 1 amide bonds. The van der Waals surface area contributed by atoms with E-state index in [9.17, 15) is 4.79 Å². The van der Waals surface area contributed by atoms with Crippen molar-refractivity contribution in [3.63, 3.8) is 0 Å². The third-order valence-corrected chi connectivity index (χ3v) is 4.66. The van der Waals surface area contributed by atoms with Gasteiger partial charge in [-0.2, -0.15) is 10.2 Å². The first-order valence-corrected chi connectivity index (χ1v) is 8.66. The van der Waals surface area contributed by atoms with Gasteiger partial charge in [-0.3, -0.25) is 15.0 Å². The summed E-state index contributed by atoms with van der Waals surface area (Å²) in [6, 6.07) is 16.0. The van der Waals surface area contributed by atoms with Crippen molar-refractivity contribution >= 4 is 5.91 Å². The summed E-state index contributed by atoms with van der Waals surface area (Å²) < 4.78 is 0. The van der Waals surface area contributed by atoms with E-state index in [0.29, 0.717) is 0 Å². The lowest BCUT2D eigenvalue weighted by atomic mass is 9.89. The van der Waals surface area contributed by atoms with Gasteiger partial charge < -0.3 is 5.32 Å². The highest BCUT2D eigenvalue weighted by atomic mass is 16.1. The van der Waals surface area contributed by atoms with E-state index in [1.165, 1.54) is 0 Å². The summed E-state index contributed by atoms with van der Waals surface area (Å²) in [7, 11) is 1.66. The fraction of sp³-hybridized carbons (Fsp3) is 0.0952. The highest BCUT2D eigenvalue weighted by Gasteiger charge is 2.22. The molecule has 6 heteroatoms. The molecule has 0 bridgehead atoms. The molecule has 6 nitrogen and oxygen atoms in total. The molecule has 0 aliphatic rings. The van der Waals surface area contributed by atoms with E-state index in [1.807, 2.05) is 60.9 Å². The van der Waals surface area contributed by atoms with Crippen LogP contribution in [0.5, 0.6) is 0 Å². The van der Waals surface area contributed by atoms with Gasteiger partial charge in [0, 0.05) is 30.6 Å². The highest BCUT2D eigenvalue weighted by Crippen LogP contribution is 2.29. The number of carbonyl (C=O) groups is 1. The summed E-state index contributed by atoms with van der Waals surface area (Å²) >= 11 is 0. The third-order valence-electron chi connectivity index (χ3n) is 4.66. The average Bonchev–Trinajstić information content (AvgIpc) is 3.43. The van der Waals surface area contributed by atoms with E-state index in [1.54, 1.807) is 19.4 Å². The fourth-order valence-corrected chi connectivity index (χ4v) is 3.19. The van der Waals surface area contributed by atoms with Crippen LogP contribution in [0.25, 0.3) is 22.3 Å². The topological polar surface area (TPSA) is 86.5 Å². The lowest BCUT2D eigenvalue weighted by molar-refractivity contribution is -0.121. The molecule has 0 unspecified atom stereocenters. The van der Waals surface area contributed by atoms with Crippen molar-refractivity contribution in [1.82, 2.24) is 25.7 Å². The number of H-pyrrole nitrogens is 2. The molecule has 0 aliphatic carbocycles. The van der Waals surface area contributed by atoms with E-state index in [2.05, 4.69) is 25.7 Å². The molecule has 4 rings (SSSR count). The van der Waals surface area contributed by atoms with Crippen molar-refractivity contribution in [2.75, 3.05) is 7.05 Å². The lowest BCUT2D eigenvalue weighted by Crippen LogP contribution is -2.26. The number of likely N-dealkylation sites (N-methyl/N-ethyl adjacent to an activating group) is 1. The molecule has 2 aromatic carbocycles. The number of hydrogen-bond acceptors (Lipinski definition) is 3. The van der Waals surface area contributed by atoms with E-state index >= 15 is 0 Å². The quantitative estimate of drug-likeness (QED) is 0.512. The van der Waals surface area contributed by atoms with Crippen molar-refractivity contribution < 1.29 is 4.79 Å². The van der Waals surface area contributed by atoms with Gasteiger partial charge in [-0.15, -0.1) is 0 Å². The second-order valence-corrected chi connectivity index (χ2v) is 6.27. The van der Waals surface area contributed by atoms with Crippen molar-refractivity contribution in [3.8, 4) is 22.3 Å². The molecule has 0 atom stereocenters. The standard InChI is InChI=1S/C21H19N5O/c1-22-21(27)20(16-6-2-14(3-7-16)18-10-23-24-11-18)17-8-4-15(5-9-17)19-12-25-26-13-19/h2-13,20H,1H3,(H,22,27)(H,23,24)(H,25,26). The minimum atomic E-state index is -0.369. The number of aromatic amines is 2. The van der Waals surface area contributed by atoms with Crippen molar-refractivity contribution in [1.29, 1.82) is 0 Å². The van der Waals surface area contributed by atoms with Gasteiger partial charge in [0.25, 0.3) is 0 Å². The highest BCUT2D eigenvalue weighted by molar-refractivity contribution is 5.87. The smallest absolute Gasteiger partial charge is 0.231 e. The van der Waals surface area contributed by atoms with Gasteiger partial charge in [0.2, 0.25) is 5.91 Å². The zero-order valence-corrected chi connectivity index (χ0v) is 14.8. The van der Waals surface area contributed by atoms with Crippen LogP contribution in [0.4, 0.5) is 0 Å². The van der Waals surface area contributed by atoms with Crippen LogP contribution < -0.4 is 5.32 Å². The van der Waals surface area contributed by atoms with Gasteiger partial charge in [0.15, 0.2) is 0 Å². The average molecular weight is 357 g/mol. The predicted octanol–water partition coefficient (Wildman–Crippen LogP) is 3.34. The summed E-state index contributed by atoms with van der Waals surface area (Å²) in [5.74, 6) is -0.408. The molecule has 0 aliphatic heterocycles. The molecule has 0 fully saturated rings. The number of rotatable bonds is 5. The van der Waals surface area contributed by atoms with E-state index in [4.69, 9.17) is 0 Å². The molecular formula is C21H19N5O. The minimum absolute atomic E-state index is 0.0397. The number of nitrogens with one attached hydrogen (secondary N) is 3. The van der Waals surface area contributed by atoms with Gasteiger partial charge in [0.05, 0.1) is 18.3 Å². The molecule has 27 heavy (non-hydrogen) atoms. The second kappa shape index (κ2) is 7.29. The molecule has 2 aromatic heterocycles. The van der Waals surface area contributed by atoms with E-state index in [0.717, 1.165) is 33.4 Å². The number of carbonyl (C=O) groups excluding carboxylic acids is 1. The minimum Gasteiger partial charge on any atom is -0.358 e. The van der Waals surface area contributed by atoms with Crippen molar-refractivity contribution in [3.05, 3.63) is 84.4 Å². The molecule has 2 heterocycles. The Morgan fingerprint density at radius 3 is 1.56 bits per heavy atom. The second-order valence-electron chi connectivity index (χ2n) is 6.27. The lowest BCUT2D eigenvalue weighted by Gasteiger charge is -2.17. The number of nitrogens with zero attached hydrogens (tertiary/aromatic N) is 2. The van der Waals surface area contributed by atoms with Crippen LogP contribution in [0, 0.1) is 0 Å². The van der Waals surface area contributed by atoms with E-state index in [-0.39, 0.29) is 11.8 Å². The maximum Gasteiger partial charge on any atom is 0.231 e. The Morgan fingerprint density at radius 1 is 0.778 bits per heavy atom. The van der Waals surface area contributed by atoms with Gasteiger partial charge in [0.1, 0.15) is 0 Å². The maximum absolute atomic E-state index is 12.6. The number of amides is 1. The molecule has 0 radical (unpaired) electrons. The Labute approximate surface area is 156 Å². The van der Waals surface area contributed by atoms with Crippen molar-refractivity contribution in [2.24, 2.45) is 0 Å². The van der Waals surface area contributed by atoms with Crippen LogP contribution in [0.2, 0.25) is 0 Å². The first-order chi connectivity index (χ1) is 13.3. The van der Waals surface area contributed by atoms with Crippen LogP contribution >= 0.6 is 0 Å². The number of aromatic nitrogens is 4. The first-order valence-electron chi connectivity index (χ1n) is 8.66. The van der Waals surface area contributed by atoms with Crippen molar-refractivity contribution in [2.45, 2.75) is 5.92 Å². The molecule has 0 saturated carbocycles. The largest absolute Gasteiger partial charge is 0.358 e. The van der Waals surface area contributed by atoms with Crippen LogP contribution in [-0.4, -0.2) is 33.3 Å². The van der Waals surface area contributed by atoms with Crippen LogP contribution in [-0.2, 0) is 4.79 Å². The predicted molar refractivity (Wildman–Crippen MR) is 104 cm³/mol. The number of hydrogen-bond donors (Lipinski definition) is 3. The van der Waals surface area contributed by atoms with Gasteiger partial charge in [-0.1, -0.05) is 48.5 Å². The summed E-state index contributed by atoms with van der Waals surface area (Å²) in [4.78, 5) is 12.6. The maximum atomic E-state index is 12.6. The van der Waals surface area contributed by atoms with Crippen LogP contribution in [0.1, 0.15) is 17.0 Å². The van der Waals surface area contributed by atoms with Gasteiger partial charge >= 0.3 is 0 Å². The van der Waals surface area contributed by atoms with Gasteiger partial charge in [-0.25, -0.2) is 0 Å². The molecule has 0 saturated heterocycles. The van der Waals surface area contributed by atoms with Gasteiger partial charge in [-0.05, 0) is 22.3 Å². The zero-order valence-electron chi connectivity index (χ0n) is 14.8.